The first-order valence-electron chi connectivity index (χ1n) is 7.89. The van der Waals surface area contributed by atoms with Crippen LogP contribution in [-0.2, 0) is 10.0 Å². The predicted octanol–water partition coefficient (Wildman–Crippen LogP) is 3.02. The van der Waals surface area contributed by atoms with Crippen LogP contribution in [0.1, 0.15) is 30.6 Å². The number of rotatable bonds is 3. The monoisotopic (exact) mass is 344 g/mol. The third-order valence-electron chi connectivity index (χ3n) is 4.40. The van der Waals surface area contributed by atoms with Crippen LogP contribution in [0.2, 0.25) is 0 Å². The molecule has 0 aliphatic carbocycles. The highest BCUT2D eigenvalue weighted by Crippen LogP contribution is 2.42. The van der Waals surface area contributed by atoms with Crippen LogP contribution in [0, 0.1) is 0 Å². The Hall–Kier alpha value is -2.34. The Morgan fingerprint density at radius 2 is 1.88 bits per heavy atom. The number of carbonyl (C=O) groups excluding carboxylic acids is 1. The Balaban J connectivity index is 2.13. The topological polar surface area (TPSA) is 66.5 Å². The molecule has 6 heteroatoms. The zero-order valence-electron chi connectivity index (χ0n) is 13.9. The van der Waals surface area contributed by atoms with Crippen molar-refractivity contribution in [3.05, 3.63) is 48.0 Å². The average molecular weight is 344 g/mol. The highest BCUT2D eigenvalue weighted by Gasteiger charge is 2.32. The molecule has 2 aromatic carbocycles. The van der Waals surface area contributed by atoms with E-state index in [4.69, 9.17) is 0 Å². The van der Waals surface area contributed by atoms with E-state index in [2.05, 4.69) is 5.32 Å². The SMILES string of the molecule is CCC(C)NC(=O)c1ccc2c(c1)-c1ccccc1S(=O)(=O)N2C. The number of anilines is 1. The van der Waals surface area contributed by atoms with Gasteiger partial charge in [0.15, 0.2) is 0 Å². The summed E-state index contributed by atoms with van der Waals surface area (Å²) in [5.74, 6) is -0.152. The summed E-state index contributed by atoms with van der Waals surface area (Å²) in [6, 6.07) is 12.1. The van der Waals surface area contributed by atoms with Crippen molar-refractivity contribution in [2.24, 2.45) is 0 Å². The number of sulfonamides is 1. The fourth-order valence-electron chi connectivity index (χ4n) is 2.77. The van der Waals surface area contributed by atoms with Crippen LogP contribution in [0.5, 0.6) is 0 Å². The predicted molar refractivity (Wildman–Crippen MR) is 94.7 cm³/mol. The van der Waals surface area contributed by atoms with Crippen molar-refractivity contribution < 1.29 is 13.2 Å². The van der Waals surface area contributed by atoms with E-state index in [1.807, 2.05) is 13.8 Å². The summed E-state index contributed by atoms with van der Waals surface area (Å²) in [7, 11) is -2.03. The molecule has 1 aliphatic heterocycles. The Labute approximate surface area is 142 Å². The fraction of sp³-hybridized carbons (Fsp3) is 0.278. The minimum absolute atomic E-state index is 0.0869. The Kier molecular flexibility index (Phi) is 4.09. The van der Waals surface area contributed by atoms with E-state index in [1.165, 1.54) is 11.4 Å². The zero-order chi connectivity index (χ0) is 17.5. The molecule has 3 rings (SSSR count). The summed E-state index contributed by atoms with van der Waals surface area (Å²) in [5.41, 5.74) is 2.48. The molecule has 1 heterocycles. The number of hydrogen-bond acceptors (Lipinski definition) is 3. The van der Waals surface area contributed by atoms with Gasteiger partial charge in [-0.2, -0.15) is 0 Å². The maximum atomic E-state index is 12.6. The van der Waals surface area contributed by atoms with E-state index in [-0.39, 0.29) is 16.8 Å². The minimum Gasteiger partial charge on any atom is -0.350 e. The molecule has 0 radical (unpaired) electrons. The number of benzene rings is 2. The first-order valence-corrected chi connectivity index (χ1v) is 9.33. The summed E-state index contributed by atoms with van der Waals surface area (Å²) in [6.07, 6.45) is 0.848. The number of nitrogens with zero attached hydrogens (tertiary/aromatic N) is 1. The van der Waals surface area contributed by atoms with Gasteiger partial charge in [0, 0.05) is 29.8 Å². The second-order valence-electron chi connectivity index (χ2n) is 5.98. The molecule has 0 fully saturated rings. The summed E-state index contributed by atoms with van der Waals surface area (Å²) >= 11 is 0. The molecule has 0 saturated carbocycles. The van der Waals surface area contributed by atoms with Gasteiger partial charge in [-0.15, -0.1) is 0 Å². The van der Waals surface area contributed by atoms with Gasteiger partial charge in [-0.05, 0) is 37.6 Å². The lowest BCUT2D eigenvalue weighted by Gasteiger charge is -2.29. The molecule has 2 aromatic rings. The summed E-state index contributed by atoms with van der Waals surface area (Å²) < 4.78 is 26.5. The van der Waals surface area contributed by atoms with Crippen molar-refractivity contribution >= 4 is 21.6 Å². The van der Waals surface area contributed by atoms with Gasteiger partial charge in [0.25, 0.3) is 15.9 Å². The van der Waals surface area contributed by atoms with Gasteiger partial charge >= 0.3 is 0 Å². The summed E-state index contributed by atoms with van der Waals surface area (Å²) in [4.78, 5) is 12.6. The van der Waals surface area contributed by atoms with Crippen molar-refractivity contribution in [1.82, 2.24) is 5.32 Å². The summed E-state index contributed by atoms with van der Waals surface area (Å²) in [5, 5.41) is 2.93. The number of fused-ring (bicyclic) bond motifs is 3. The van der Waals surface area contributed by atoms with Crippen molar-refractivity contribution in [1.29, 1.82) is 0 Å². The molecule has 1 N–H and O–H groups in total. The molecule has 0 aromatic heterocycles. The second-order valence-corrected chi connectivity index (χ2v) is 7.92. The molecular weight excluding hydrogens is 324 g/mol. The molecule has 0 saturated heterocycles. The van der Waals surface area contributed by atoms with Gasteiger partial charge in [-0.3, -0.25) is 9.10 Å². The molecule has 5 nitrogen and oxygen atoms in total. The fourth-order valence-corrected chi connectivity index (χ4v) is 4.19. The Bertz CT molecular complexity index is 906. The van der Waals surface area contributed by atoms with Crippen LogP contribution < -0.4 is 9.62 Å². The smallest absolute Gasteiger partial charge is 0.264 e. The maximum absolute atomic E-state index is 12.6. The molecule has 24 heavy (non-hydrogen) atoms. The van der Waals surface area contributed by atoms with Crippen LogP contribution in [0.3, 0.4) is 0 Å². The van der Waals surface area contributed by atoms with E-state index < -0.39 is 10.0 Å². The van der Waals surface area contributed by atoms with Crippen LogP contribution in [0.15, 0.2) is 47.4 Å². The van der Waals surface area contributed by atoms with E-state index in [0.29, 0.717) is 16.8 Å². The third kappa shape index (κ3) is 2.57. The van der Waals surface area contributed by atoms with E-state index in [1.54, 1.807) is 42.5 Å². The highest BCUT2D eigenvalue weighted by molar-refractivity contribution is 7.93. The Morgan fingerprint density at radius 1 is 1.17 bits per heavy atom. The molecule has 1 atom stereocenters. The van der Waals surface area contributed by atoms with Crippen molar-refractivity contribution in [2.75, 3.05) is 11.4 Å². The first kappa shape index (κ1) is 16.5. The van der Waals surface area contributed by atoms with Gasteiger partial charge < -0.3 is 5.32 Å². The lowest BCUT2D eigenvalue weighted by molar-refractivity contribution is 0.0939. The largest absolute Gasteiger partial charge is 0.350 e. The van der Waals surface area contributed by atoms with Crippen molar-refractivity contribution in [2.45, 2.75) is 31.2 Å². The zero-order valence-corrected chi connectivity index (χ0v) is 14.7. The number of carbonyl (C=O) groups is 1. The van der Waals surface area contributed by atoms with Crippen molar-refractivity contribution in [3.8, 4) is 11.1 Å². The lowest BCUT2D eigenvalue weighted by Crippen LogP contribution is -2.33. The molecule has 1 amide bonds. The molecular formula is C18H20N2O3S. The number of hydrogen-bond donors (Lipinski definition) is 1. The lowest BCUT2D eigenvalue weighted by atomic mass is 10.00. The van der Waals surface area contributed by atoms with Crippen LogP contribution in [-0.4, -0.2) is 27.4 Å². The number of amides is 1. The van der Waals surface area contributed by atoms with Crippen LogP contribution in [0.25, 0.3) is 11.1 Å². The summed E-state index contributed by atoms with van der Waals surface area (Å²) in [6.45, 7) is 3.96. The average Bonchev–Trinajstić information content (AvgIpc) is 2.59. The molecule has 1 unspecified atom stereocenters. The van der Waals surface area contributed by atoms with Gasteiger partial charge in [-0.1, -0.05) is 25.1 Å². The molecule has 0 spiro atoms. The van der Waals surface area contributed by atoms with Gasteiger partial charge in [0.1, 0.15) is 0 Å². The molecule has 1 aliphatic rings. The standard InChI is InChI=1S/C18H20N2O3S/c1-4-12(2)19-18(21)13-9-10-16-15(11-13)14-7-5-6-8-17(14)24(22,23)20(16)3/h5-12H,4H2,1-3H3,(H,19,21). The van der Waals surface area contributed by atoms with E-state index in [9.17, 15) is 13.2 Å². The third-order valence-corrected chi connectivity index (χ3v) is 6.23. The molecule has 0 bridgehead atoms. The molecule has 126 valence electrons. The quantitative estimate of drug-likeness (QED) is 0.931. The van der Waals surface area contributed by atoms with Crippen molar-refractivity contribution in [3.63, 3.8) is 0 Å². The van der Waals surface area contributed by atoms with Crippen LogP contribution >= 0.6 is 0 Å². The van der Waals surface area contributed by atoms with Crippen LogP contribution in [0.4, 0.5) is 5.69 Å². The van der Waals surface area contributed by atoms with E-state index >= 15 is 0 Å². The van der Waals surface area contributed by atoms with E-state index in [0.717, 1.165) is 12.0 Å². The van der Waals surface area contributed by atoms with Gasteiger partial charge in [0.05, 0.1) is 10.6 Å². The first-order chi connectivity index (χ1) is 11.4. The Morgan fingerprint density at radius 3 is 2.58 bits per heavy atom. The second kappa shape index (κ2) is 5.94. The normalized spacial score (nSPS) is 16.0. The van der Waals surface area contributed by atoms with Gasteiger partial charge in [-0.25, -0.2) is 8.42 Å². The highest BCUT2D eigenvalue weighted by atomic mass is 32.2. The minimum atomic E-state index is -3.56. The maximum Gasteiger partial charge on any atom is 0.264 e. The van der Waals surface area contributed by atoms with Gasteiger partial charge in [0.2, 0.25) is 0 Å². The number of nitrogens with one attached hydrogen (secondary N) is 1.